The van der Waals surface area contributed by atoms with Gasteiger partial charge in [0.1, 0.15) is 0 Å². The summed E-state index contributed by atoms with van der Waals surface area (Å²) in [5.74, 6) is 0. The van der Waals surface area contributed by atoms with Crippen LogP contribution in [0.2, 0.25) is 0 Å². The molecule has 4 nitrogen and oxygen atoms in total. The van der Waals surface area contributed by atoms with Gasteiger partial charge in [0.25, 0.3) is 0 Å². The summed E-state index contributed by atoms with van der Waals surface area (Å²) in [4.78, 5) is 1.21. The molecular formula is C14H18N2O2S2. The Kier molecular flexibility index (Phi) is 4.47. The van der Waals surface area contributed by atoms with Gasteiger partial charge >= 0.3 is 0 Å². The molecule has 1 aromatic heterocycles. The molecule has 0 aliphatic heterocycles. The van der Waals surface area contributed by atoms with Crippen molar-refractivity contribution >= 4 is 27.0 Å². The van der Waals surface area contributed by atoms with Crippen LogP contribution in [-0.4, -0.2) is 8.42 Å². The molecule has 0 saturated heterocycles. The molecule has 0 saturated carbocycles. The molecule has 2 aromatic rings. The van der Waals surface area contributed by atoms with Crippen molar-refractivity contribution in [2.75, 3.05) is 5.73 Å². The first-order chi connectivity index (χ1) is 9.44. The van der Waals surface area contributed by atoms with Gasteiger partial charge in [-0.05, 0) is 42.5 Å². The van der Waals surface area contributed by atoms with E-state index in [1.54, 1.807) is 23.5 Å². The summed E-state index contributed by atoms with van der Waals surface area (Å²) < 4.78 is 27.5. The fourth-order valence-electron chi connectivity index (χ4n) is 1.87. The number of rotatable bonds is 5. The van der Waals surface area contributed by atoms with Crippen molar-refractivity contribution in [3.63, 3.8) is 0 Å². The lowest BCUT2D eigenvalue weighted by atomic mass is 10.2. The Labute approximate surface area is 123 Å². The summed E-state index contributed by atoms with van der Waals surface area (Å²) in [6.07, 6.45) is 0.696. The standard InChI is InChI=1S/C14H18N2O2S2/c1-3-13(14-5-4-8-19-14)16-20(17,18)11-7-6-10(2)12(15)9-11/h4-9,13,16H,3,15H2,1-2H3. The molecular weight excluding hydrogens is 292 g/mol. The van der Waals surface area contributed by atoms with Crippen molar-refractivity contribution in [1.82, 2.24) is 4.72 Å². The van der Waals surface area contributed by atoms with E-state index < -0.39 is 10.0 Å². The Morgan fingerprint density at radius 2 is 2.10 bits per heavy atom. The maximum Gasteiger partial charge on any atom is 0.241 e. The van der Waals surface area contributed by atoms with E-state index in [2.05, 4.69) is 4.72 Å². The van der Waals surface area contributed by atoms with Crippen molar-refractivity contribution in [3.8, 4) is 0 Å². The van der Waals surface area contributed by atoms with Crippen LogP contribution in [0, 0.1) is 6.92 Å². The quantitative estimate of drug-likeness (QED) is 0.834. The second-order valence-electron chi connectivity index (χ2n) is 4.62. The van der Waals surface area contributed by atoms with Gasteiger partial charge in [-0.15, -0.1) is 11.3 Å². The minimum atomic E-state index is -3.56. The van der Waals surface area contributed by atoms with E-state index in [4.69, 9.17) is 5.73 Å². The van der Waals surface area contributed by atoms with Crippen molar-refractivity contribution < 1.29 is 8.42 Å². The van der Waals surface area contributed by atoms with Gasteiger partial charge in [-0.1, -0.05) is 19.1 Å². The monoisotopic (exact) mass is 310 g/mol. The van der Waals surface area contributed by atoms with E-state index >= 15 is 0 Å². The molecule has 20 heavy (non-hydrogen) atoms. The van der Waals surface area contributed by atoms with Crippen LogP contribution in [0.3, 0.4) is 0 Å². The second kappa shape index (κ2) is 5.95. The molecule has 1 atom stereocenters. The lowest BCUT2D eigenvalue weighted by molar-refractivity contribution is 0.553. The molecule has 6 heteroatoms. The van der Waals surface area contributed by atoms with Crippen LogP contribution in [-0.2, 0) is 10.0 Å². The van der Waals surface area contributed by atoms with Gasteiger partial charge < -0.3 is 5.73 Å². The van der Waals surface area contributed by atoms with Crippen LogP contribution in [0.4, 0.5) is 5.69 Å². The van der Waals surface area contributed by atoms with Gasteiger partial charge in [0.15, 0.2) is 0 Å². The first-order valence-corrected chi connectivity index (χ1v) is 8.72. The van der Waals surface area contributed by atoms with Gasteiger partial charge in [-0.3, -0.25) is 0 Å². The summed E-state index contributed by atoms with van der Waals surface area (Å²) in [5, 5.41) is 1.94. The van der Waals surface area contributed by atoms with E-state index in [1.807, 2.05) is 31.4 Å². The van der Waals surface area contributed by atoms with E-state index in [9.17, 15) is 8.42 Å². The van der Waals surface area contributed by atoms with Gasteiger partial charge in [-0.2, -0.15) is 0 Å². The predicted molar refractivity (Wildman–Crippen MR) is 83.3 cm³/mol. The number of nitrogens with two attached hydrogens (primary N) is 1. The van der Waals surface area contributed by atoms with Gasteiger partial charge in [0.2, 0.25) is 10.0 Å². The van der Waals surface area contributed by atoms with E-state index in [-0.39, 0.29) is 10.9 Å². The lowest BCUT2D eigenvalue weighted by Crippen LogP contribution is -2.27. The zero-order valence-electron chi connectivity index (χ0n) is 11.5. The van der Waals surface area contributed by atoms with Crippen LogP contribution in [0.5, 0.6) is 0 Å². The zero-order valence-corrected chi connectivity index (χ0v) is 13.1. The molecule has 1 heterocycles. The molecule has 0 bridgehead atoms. The summed E-state index contributed by atoms with van der Waals surface area (Å²) in [7, 11) is -3.56. The Balaban J connectivity index is 2.28. The van der Waals surface area contributed by atoms with Crippen LogP contribution >= 0.6 is 11.3 Å². The van der Waals surface area contributed by atoms with Crippen molar-refractivity contribution in [2.24, 2.45) is 0 Å². The molecule has 108 valence electrons. The molecule has 0 spiro atoms. The third-order valence-corrected chi connectivity index (χ3v) is 5.61. The molecule has 1 aromatic carbocycles. The molecule has 2 rings (SSSR count). The van der Waals surface area contributed by atoms with Crippen molar-refractivity contribution in [1.29, 1.82) is 0 Å². The largest absolute Gasteiger partial charge is 0.398 e. The highest BCUT2D eigenvalue weighted by molar-refractivity contribution is 7.89. The van der Waals surface area contributed by atoms with Gasteiger partial charge in [0.05, 0.1) is 10.9 Å². The number of aryl methyl sites for hydroxylation is 1. The van der Waals surface area contributed by atoms with Gasteiger partial charge in [-0.25, -0.2) is 13.1 Å². The highest BCUT2D eigenvalue weighted by Gasteiger charge is 2.21. The SMILES string of the molecule is CCC(NS(=O)(=O)c1ccc(C)c(N)c1)c1cccs1. The van der Waals surface area contributed by atoms with Crippen LogP contribution in [0.25, 0.3) is 0 Å². The normalized spacial score (nSPS) is 13.3. The number of nitrogens with one attached hydrogen (secondary N) is 1. The number of hydrogen-bond acceptors (Lipinski definition) is 4. The van der Waals surface area contributed by atoms with Crippen molar-refractivity contribution in [3.05, 3.63) is 46.2 Å². The number of thiophene rings is 1. The molecule has 1 unspecified atom stereocenters. The Morgan fingerprint density at radius 1 is 1.35 bits per heavy atom. The molecule has 0 amide bonds. The van der Waals surface area contributed by atoms with E-state index in [0.29, 0.717) is 12.1 Å². The summed E-state index contributed by atoms with van der Waals surface area (Å²) in [6, 6.07) is 8.44. The number of anilines is 1. The zero-order chi connectivity index (χ0) is 14.8. The summed E-state index contributed by atoms with van der Waals surface area (Å²) in [5.41, 5.74) is 7.14. The molecule has 0 aliphatic rings. The first-order valence-electron chi connectivity index (χ1n) is 6.36. The Bertz CT molecular complexity index is 679. The molecule has 3 N–H and O–H groups in total. The van der Waals surface area contributed by atoms with Crippen LogP contribution in [0.1, 0.15) is 29.8 Å². The third-order valence-electron chi connectivity index (χ3n) is 3.15. The molecule has 0 radical (unpaired) electrons. The lowest BCUT2D eigenvalue weighted by Gasteiger charge is -2.16. The number of benzene rings is 1. The summed E-state index contributed by atoms with van der Waals surface area (Å²) in [6.45, 7) is 3.80. The van der Waals surface area contributed by atoms with E-state index in [0.717, 1.165) is 10.4 Å². The summed E-state index contributed by atoms with van der Waals surface area (Å²) >= 11 is 1.55. The highest BCUT2D eigenvalue weighted by Crippen LogP contribution is 2.25. The smallest absolute Gasteiger partial charge is 0.241 e. The second-order valence-corrected chi connectivity index (χ2v) is 7.31. The molecule has 0 fully saturated rings. The molecule has 0 aliphatic carbocycles. The highest BCUT2D eigenvalue weighted by atomic mass is 32.2. The Hall–Kier alpha value is -1.37. The van der Waals surface area contributed by atoms with Gasteiger partial charge in [0, 0.05) is 10.6 Å². The van der Waals surface area contributed by atoms with Crippen LogP contribution < -0.4 is 10.5 Å². The maximum atomic E-state index is 12.4. The topological polar surface area (TPSA) is 72.2 Å². The fraction of sp³-hybridized carbons (Fsp3) is 0.286. The average molecular weight is 310 g/mol. The average Bonchev–Trinajstić information content (AvgIpc) is 2.93. The predicted octanol–water partition coefficient (Wildman–Crippen LogP) is 3.07. The number of sulfonamides is 1. The minimum Gasteiger partial charge on any atom is -0.398 e. The van der Waals surface area contributed by atoms with Crippen LogP contribution in [0.15, 0.2) is 40.6 Å². The maximum absolute atomic E-state index is 12.4. The minimum absolute atomic E-state index is 0.204. The van der Waals surface area contributed by atoms with Crippen molar-refractivity contribution in [2.45, 2.75) is 31.2 Å². The number of hydrogen-bond donors (Lipinski definition) is 2. The van der Waals surface area contributed by atoms with E-state index in [1.165, 1.54) is 6.07 Å². The first kappa shape index (κ1) is 15.0. The Morgan fingerprint density at radius 3 is 2.65 bits per heavy atom. The third kappa shape index (κ3) is 3.20. The fourth-order valence-corrected chi connectivity index (χ4v) is 4.14. The number of nitrogen functional groups attached to an aromatic ring is 1.